The second kappa shape index (κ2) is 6.39. The molecule has 116 valence electrons. The molecule has 3 rings (SSSR count). The summed E-state index contributed by atoms with van der Waals surface area (Å²) in [6.07, 6.45) is 3.29. The monoisotopic (exact) mass is 317 g/mol. The van der Waals surface area contributed by atoms with Gasteiger partial charge in [0.1, 0.15) is 17.0 Å². The van der Waals surface area contributed by atoms with Gasteiger partial charge in [0, 0.05) is 23.8 Å². The van der Waals surface area contributed by atoms with Crippen LogP contribution in [0.4, 0.5) is 5.82 Å². The molecule has 0 aliphatic rings. The molecule has 0 saturated carbocycles. The number of nitrogens with one attached hydrogen (secondary N) is 1. The highest BCUT2D eigenvalue weighted by molar-refractivity contribution is 7.18. The van der Waals surface area contributed by atoms with Crippen LogP contribution < -0.4 is 5.32 Å². The highest BCUT2D eigenvalue weighted by Gasteiger charge is 2.11. The molecule has 7 heteroatoms. The lowest BCUT2D eigenvalue weighted by Crippen LogP contribution is -2.07. The third kappa shape index (κ3) is 3.09. The van der Waals surface area contributed by atoms with Crippen LogP contribution in [0.25, 0.3) is 10.2 Å². The quantitative estimate of drug-likeness (QED) is 0.750. The number of anilines is 1. The molecule has 0 amide bonds. The molecule has 0 saturated heterocycles. The maximum atomic E-state index is 5.24. The van der Waals surface area contributed by atoms with Crippen molar-refractivity contribution in [2.75, 3.05) is 11.9 Å². The largest absolute Gasteiger partial charge is 0.369 e. The number of rotatable bonds is 6. The zero-order valence-electron chi connectivity index (χ0n) is 13.0. The Morgan fingerprint density at radius 1 is 1.32 bits per heavy atom. The van der Waals surface area contributed by atoms with Crippen molar-refractivity contribution in [3.8, 4) is 0 Å². The van der Waals surface area contributed by atoms with Crippen LogP contribution in [0.5, 0.6) is 0 Å². The van der Waals surface area contributed by atoms with Crippen LogP contribution in [0, 0.1) is 0 Å². The molecular formula is C15H19N5OS. The van der Waals surface area contributed by atoms with E-state index in [9.17, 15) is 0 Å². The standard InChI is InChI=1S/C15H19N5OS/c1-4-10-7-11-14(17-8-18-15(11)22-10)16-6-5-12-19-13(9(2)3)20-21-12/h7-9H,4-6H2,1-3H3,(H,16,17,18). The van der Waals surface area contributed by atoms with Gasteiger partial charge in [0.05, 0.1) is 5.39 Å². The molecule has 0 unspecified atom stereocenters. The number of hydrogen-bond acceptors (Lipinski definition) is 7. The summed E-state index contributed by atoms with van der Waals surface area (Å²) in [5.41, 5.74) is 0. The van der Waals surface area contributed by atoms with Crippen molar-refractivity contribution >= 4 is 27.4 Å². The fourth-order valence-electron chi connectivity index (χ4n) is 2.11. The average Bonchev–Trinajstić information content (AvgIpc) is 3.13. The van der Waals surface area contributed by atoms with Crippen LogP contribution in [0.15, 0.2) is 16.9 Å². The summed E-state index contributed by atoms with van der Waals surface area (Å²) in [5, 5.41) is 8.39. The van der Waals surface area contributed by atoms with E-state index in [2.05, 4.69) is 38.4 Å². The van der Waals surface area contributed by atoms with Gasteiger partial charge in [-0.05, 0) is 12.5 Å². The fraction of sp³-hybridized carbons (Fsp3) is 0.467. The van der Waals surface area contributed by atoms with Crippen molar-refractivity contribution in [2.45, 2.75) is 39.5 Å². The molecule has 0 atom stereocenters. The summed E-state index contributed by atoms with van der Waals surface area (Å²) >= 11 is 1.72. The van der Waals surface area contributed by atoms with Crippen molar-refractivity contribution in [1.82, 2.24) is 20.1 Å². The SMILES string of the molecule is CCc1cc2c(NCCc3nc(C(C)C)no3)ncnc2s1. The van der Waals surface area contributed by atoms with Gasteiger partial charge < -0.3 is 9.84 Å². The van der Waals surface area contributed by atoms with Crippen molar-refractivity contribution in [3.05, 3.63) is 29.0 Å². The lowest BCUT2D eigenvalue weighted by molar-refractivity contribution is 0.373. The van der Waals surface area contributed by atoms with E-state index in [4.69, 9.17) is 4.52 Å². The van der Waals surface area contributed by atoms with E-state index in [1.165, 1.54) is 4.88 Å². The van der Waals surface area contributed by atoms with Crippen LogP contribution in [0.1, 0.15) is 43.3 Å². The third-order valence-electron chi connectivity index (χ3n) is 3.36. The first kappa shape index (κ1) is 14.9. The minimum Gasteiger partial charge on any atom is -0.369 e. The molecule has 3 aromatic rings. The number of aryl methyl sites for hydroxylation is 1. The van der Waals surface area contributed by atoms with Gasteiger partial charge in [0.15, 0.2) is 5.82 Å². The molecule has 0 radical (unpaired) electrons. The van der Waals surface area contributed by atoms with Gasteiger partial charge in [0.25, 0.3) is 0 Å². The van der Waals surface area contributed by atoms with Crippen LogP contribution in [0.3, 0.4) is 0 Å². The first-order valence-electron chi connectivity index (χ1n) is 7.47. The fourth-order valence-corrected chi connectivity index (χ4v) is 3.05. The van der Waals surface area contributed by atoms with Gasteiger partial charge in [-0.2, -0.15) is 4.98 Å². The lowest BCUT2D eigenvalue weighted by atomic mass is 10.2. The van der Waals surface area contributed by atoms with E-state index in [0.717, 1.165) is 28.3 Å². The Kier molecular flexibility index (Phi) is 4.33. The molecule has 6 nitrogen and oxygen atoms in total. The predicted octanol–water partition coefficient (Wildman–Crippen LogP) is 3.41. The molecule has 0 fully saturated rings. The summed E-state index contributed by atoms with van der Waals surface area (Å²) in [7, 11) is 0. The summed E-state index contributed by atoms with van der Waals surface area (Å²) in [6.45, 7) is 6.94. The number of nitrogens with zero attached hydrogens (tertiary/aromatic N) is 4. The van der Waals surface area contributed by atoms with Crippen LogP contribution in [-0.4, -0.2) is 26.7 Å². The Morgan fingerprint density at radius 2 is 2.18 bits per heavy atom. The average molecular weight is 317 g/mol. The molecule has 0 bridgehead atoms. The number of hydrogen-bond donors (Lipinski definition) is 1. The van der Waals surface area contributed by atoms with Gasteiger partial charge in [-0.1, -0.05) is 25.9 Å². The molecular weight excluding hydrogens is 298 g/mol. The smallest absolute Gasteiger partial charge is 0.228 e. The second-order valence-corrected chi connectivity index (χ2v) is 6.50. The van der Waals surface area contributed by atoms with Crippen molar-refractivity contribution in [3.63, 3.8) is 0 Å². The van der Waals surface area contributed by atoms with Crippen molar-refractivity contribution in [2.24, 2.45) is 0 Å². The highest BCUT2D eigenvalue weighted by atomic mass is 32.1. The molecule has 3 aromatic heterocycles. The van der Waals surface area contributed by atoms with Gasteiger partial charge in [-0.25, -0.2) is 9.97 Å². The van der Waals surface area contributed by atoms with Crippen LogP contribution in [-0.2, 0) is 12.8 Å². The number of aromatic nitrogens is 4. The lowest BCUT2D eigenvalue weighted by Gasteiger charge is -2.04. The minimum absolute atomic E-state index is 0.283. The topological polar surface area (TPSA) is 76.7 Å². The minimum atomic E-state index is 0.283. The number of fused-ring (bicyclic) bond motifs is 1. The highest BCUT2D eigenvalue weighted by Crippen LogP contribution is 2.28. The molecule has 0 spiro atoms. The summed E-state index contributed by atoms with van der Waals surface area (Å²) in [5.74, 6) is 2.56. The van der Waals surface area contributed by atoms with E-state index in [-0.39, 0.29) is 5.92 Å². The predicted molar refractivity (Wildman–Crippen MR) is 87.4 cm³/mol. The Morgan fingerprint density at radius 3 is 2.91 bits per heavy atom. The summed E-state index contributed by atoms with van der Waals surface area (Å²) in [6, 6.07) is 2.16. The maximum Gasteiger partial charge on any atom is 0.228 e. The van der Waals surface area contributed by atoms with Crippen LogP contribution in [0.2, 0.25) is 0 Å². The van der Waals surface area contributed by atoms with Gasteiger partial charge >= 0.3 is 0 Å². The first-order valence-corrected chi connectivity index (χ1v) is 8.28. The Labute approximate surface area is 133 Å². The number of thiophene rings is 1. The maximum absolute atomic E-state index is 5.24. The molecule has 1 N–H and O–H groups in total. The Hall–Kier alpha value is -2.02. The molecule has 0 aromatic carbocycles. The zero-order chi connectivity index (χ0) is 15.5. The summed E-state index contributed by atoms with van der Waals surface area (Å²) < 4.78 is 5.24. The van der Waals surface area contributed by atoms with Gasteiger partial charge in [-0.3, -0.25) is 0 Å². The third-order valence-corrected chi connectivity index (χ3v) is 4.55. The van der Waals surface area contributed by atoms with Crippen molar-refractivity contribution in [1.29, 1.82) is 0 Å². The molecule has 0 aliphatic carbocycles. The summed E-state index contributed by atoms with van der Waals surface area (Å²) in [4.78, 5) is 15.4. The zero-order valence-corrected chi connectivity index (χ0v) is 13.8. The normalized spacial score (nSPS) is 11.5. The van der Waals surface area contributed by atoms with Gasteiger partial charge in [-0.15, -0.1) is 11.3 Å². The van der Waals surface area contributed by atoms with E-state index >= 15 is 0 Å². The Balaban J connectivity index is 1.67. The van der Waals surface area contributed by atoms with Crippen LogP contribution >= 0.6 is 11.3 Å². The Bertz CT molecular complexity index is 764. The van der Waals surface area contributed by atoms with E-state index in [1.807, 2.05) is 13.8 Å². The first-order chi connectivity index (χ1) is 10.7. The van der Waals surface area contributed by atoms with E-state index < -0.39 is 0 Å². The van der Waals surface area contributed by atoms with E-state index in [1.54, 1.807) is 17.7 Å². The molecule has 22 heavy (non-hydrogen) atoms. The molecule has 0 aliphatic heterocycles. The van der Waals surface area contributed by atoms with Crippen molar-refractivity contribution < 1.29 is 4.52 Å². The van der Waals surface area contributed by atoms with E-state index in [0.29, 0.717) is 18.9 Å². The van der Waals surface area contributed by atoms with Gasteiger partial charge in [0.2, 0.25) is 5.89 Å². The molecule has 3 heterocycles. The second-order valence-electron chi connectivity index (χ2n) is 5.39.